The monoisotopic (exact) mass is 270 g/mol. The van der Waals surface area contributed by atoms with E-state index in [0.717, 1.165) is 38.2 Å². The Hall–Kier alpha value is -2.94. The van der Waals surface area contributed by atoms with Crippen molar-refractivity contribution in [3.05, 3.63) is 61.1 Å². The number of hydrogen-bond donors (Lipinski definition) is 0. The van der Waals surface area contributed by atoms with Crippen molar-refractivity contribution in [2.45, 2.75) is 0 Å². The molecule has 0 amide bonds. The van der Waals surface area contributed by atoms with Gasteiger partial charge in [-0.1, -0.05) is 30.3 Å². The van der Waals surface area contributed by atoms with Gasteiger partial charge in [0, 0.05) is 16.2 Å². The van der Waals surface area contributed by atoms with Crippen LogP contribution in [0.15, 0.2) is 65.5 Å². The number of imidazole rings is 1. The molecule has 3 aromatic carbocycles. The zero-order valence-electron chi connectivity index (χ0n) is 11.1. The Morgan fingerprint density at radius 3 is 2.71 bits per heavy atom. The van der Waals surface area contributed by atoms with Crippen LogP contribution >= 0.6 is 0 Å². The van der Waals surface area contributed by atoms with Crippen LogP contribution in [0.4, 0.5) is 0 Å². The highest BCUT2D eigenvalue weighted by Gasteiger charge is 2.08. The Kier molecular flexibility index (Phi) is 1.95. The van der Waals surface area contributed by atoms with Crippen LogP contribution < -0.4 is 0 Å². The number of fused-ring (bicyclic) bond motifs is 6. The van der Waals surface area contributed by atoms with Crippen LogP contribution in [0.5, 0.6) is 0 Å². The van der Waals surface area contributed by atoms with Gasteiger partial charge < -0.3 is 4.42 Å². The minimum absolute atomic E-state index is 0.872. The van der Waals surface area contributed by atoms with Crippen LogP contribution in [0, 0.1) is 0 Å². The van der Waals surface area contributed by atoms with E-state index in [4.69, 9.17) is 4.42 Å². The zero-order valence-corrected chi connectivity index (χ0v) is 11.1. The quantitative estimate of drug-likeness (QED) is 0.303. The van der Waals surface area contributed by atoms with E-state index >= 15 is 0 Å². The van der Waals surface area contributed by atoms with Gasteiger partial charge in [-0.15, -0.1) is 0 Å². The molecule has 0 radical (unpaired) electrons. The largest absolute Gasteiger partial charge is 0.464 e. The molecular weight excluding hydrogens is 260 g/mol. The second kappa shape index (κ2) is 3.79. The maximum absolute atomic E-state index is 5.81. The van der Waals surface area contributed by atoms with Crippen LogP contribution in [0.25, 0.3) is 43.5 Å². The molecule has 2 aromatic heterocycles. The second-order valence-corrected chi connectivity index (χ2v) is 5.20. The fourth-order valence-corrected chi connectivity index (χ4v) is 2.99. The summed E-state index contributed by atoms with van der Waals surface area (Å²) in [6.45, 7) is 0. The van der Waals surface area contributed by atoms with Gasteiger partial charge in [0.05, 0.1) is 17.3 Å². The van der Waals surface area contributed by atoms with Crippen molar-refractivity contribution in [3.8, 4) is 0 Å². The van der Waals surface area contributed by atoms with Crippen LogP contribution in [0.2, 0.25) is 0 Å². The molecule has 98 valence electrons. The van der Waals surface area contributed by atoms with Crippen molar-refractivity contribution < 1.29 is 4.42 Å². The van der Waals surface area contributed by atoms with Crippen molar-refractivity contribution >= 4 is 43.5 Å². The first-order valence-electron chi connectivity index (χ1n) is 6.83. The van der Waals surface area contributed by atoms with E-state index in [-0.39, 0.29) is 0 Å². The van der Waals surface area contributed by atoms with Gasteiger partial charge in [0.25, 0.3) is 0 Å². The predicted molar refractivity (Wildman–Crippen MR) is 84.3 cm³/mol. The first-order valence-corrected chi connectivity index (χ1v) is 6.83. The minimum atomic E-state index is 0.872. The molecule has 3 heteroatoms. The first-order chi connectivity index (χ1) is 10.4. The van der Waals surface area contributed by atoms with Crippen molar-refractivity contribution in [2.75, 3.05) is 0 Å². The Bertz CT molecular complexity index is 1140. The van der Waals surface area contributed by atoms with Gasteiger partial charge in [-0.05, 0) is 29.0 Å². The van der Waals surface area contributed by atoms with Gasteiger partial charge in [0.15, 0.2) is 0 Å². The van der Waals surface area contributed by atoms with Crippen LogP contribution in [-0.4, -0.2) is 9.97 Å². The smallest absolute Gasteiger partial charge is 0.135 e. The molecule has 0 aliphatic heterocycles. The maximum atomic E-state index is 5.81. The van der Waals surface area contributed by atoms with Gasteiger partial charge in [0.2, 0.25) is 0 Å². The molecule has 3 nitrogen and oxygen atoms in total. The summed E-state index contributed by atoms with van der Waals surface area (Å²) in [4.78, 5) is 8.62. The fraction of sp³-hybridized carbons (Fsp3) is 0. The van der Waals surface area contributed by atoms with E-state index in [1.165, 1.54) is 5.39 Å². The van der Waals surface area contributed by atoms with Gasteiger partial charge >= 0.3 is 0 Å². The number of nitrogens with zero attached hydrogens (tertiary/aromatic N) is 2. The summed E-state index contributed by atoms with van der Waals surface area (Å²) in [5.74, 6) is 0. The Morgan fingerprint density at radius 2 is 1.71 bits per heavy atom. The lowest BCUT2D eigenvalue weighted by Gasteiger charge is -2.05. The van der Waals surface area contributed by atoms with Gasteiger partial charge in [0.1, 0.15) is 11.9 Å². The first kappa shape index (κ1) is 10.8. The number of hydrogen-bond acceptors (Lipinski definition) is 3. The number of benzene rings is 3. The predicted octanol–water partition coefficient (Wildman–Crippen LogP) is 4.68. The topological polar surface area (TPSA) is 38.9 Å². The number of rotatable bonds is 0. The lowest BCUT2D eigenvalue weighted by Crippen LogP contribution is -1.81. The van der Waals surface area contributed by atoms with E-state index in [1.54, 1.807) is 12.6 Å². The molecule has 0 atom stereocenters. The standard InChI is InChI=1S/C18H10N2O/c1-2-4-13-12(3-1)9-21-17-8-14-11(7-15(13)17)5-6-16-18(14)20-10-19-16/h1-10H. The fourth-order valence-electron chi connectivity index (χ4n) is 2.99. The summed E-state index contributed by atoms with van der Waals surface area (Å²) in [6.07, 6.45) is 3.41. The highest BCUT2D eigenvalue weighted by Crippen LogP contribution is 2.31. The van der Waals surface area contributed by atoms with Crippen molar-refractivity contribution in [3.63, 3.8) is 0 Å². The molecule has 0 aliphatic carbocycles. The Balaban J connectivity index is 2.04. The van der Waals surface area contributed by atoms with Gasteiger partial charge in [-0.3, -0.25) is 0 Å². The summed E-state index contributed by atoms with van der Waals surface area (Å²) < 4.78 is 5.81. The molecule has 0 saturated heterocycles. The summed E-state index contributed by atoms with van der Waals surface area (Å²) in [5, 5.41) is 5.67. The second-order valence-electron chi connectivity index (χ2n) is 5.20. The summed E-state index contributed by atoms with van der Waals surface area (Å²) in [6, 6.07) is 16.6. The Labute approximate surface area is 119 Å². The number of aromatic nitrogens is 2. The molecule has 5 aromatic rings. The summed E-state index contributed by atoms with van der Waals surface area (Å²) >= 11 is 0. The average molecular weight is 270 g/mol. The third-order valence-corrected chi connectivity index (χ3v) is 4.02. The molecule has 5 rings (SSSR count). The molecule has 2 heterocycles. The highest BCUT2D eigenvalue weighted by atomic mass is 16.3. The third kappa shape index (κ3) is 1.43. The van der Waals surface area contributed by atoms with E-state index in [2.05, 4.69) is 46.4 Å². The maximum Gasteiger partial charge on any atom is 0.135 e. The normalized spacial score (nSPS) is 11.8. The molecule has 0 spiro atoms. The van der Waals surface area contributed by atoms with Gasteiger partial charge in [-0.2, -0.15) is 0 Å². The van der Waals surface area contributed by atoms with Crippen LogP contribution in [-0.2, 0) is 0 Å². The molecule has 0 bridgehead atoms. The highest BCUT2D eigenvalue weighted by molar-refractivity contribution is 6.14. The van der Waals surface area contributed by atoms with E-state index in [1.807, 2.05) is 12.1 Å². The third-order valence-electron chi connectivity index (χ3n) is 4.02. The van der Waals surface area contributed by atoms with Crippen LogP contribution in [0.3, 0.4) is 0 Å². The van der Waals surface area contributed by atoms with Crippen LogP contribution in [0.1, 0.15) is 0 Å². The van der Waals surface area contributed by atoms with E-state index < -0.39 is 0 Å². The lowest BCUT2D eigenvalue weighted by molar-refractivity contribution is 0.611. The van der Waals surface area contributed by atoms with Gasteiger partial charge in [-0.25, -0.2) is 9.97 Å². The summed E-state index contributed by atoms with van der Waals surface area (Å²) in [5.41, 5.74) is 2.72. The lowest BCUT2D eigenvalue weighted by atomic mass is 10.0. The molecular formula is C18H10N2O. The average Bonchev–Trinajstić information content (AvgIpc) is 3.02. The molecule has 0 aliphatic rings. The van der Waals surface area contributed by atoms with E-state index in [0.29, 0.717) is 0 Å². The molecule has 0 saturated carbocycles. The summed E-state index contributed by atoms with van der Waals surface area (Å²) in [7, 11) is 0. The minimum Gasteiger partial charge on any atom is -0.464 e. The van der Waals surface area contributed by atoms with E-state index in [9.17, 15) is 0 Å². The molecule has 21 heavy (non-hydrogen) atoms. The van der Waals surface area contributed by atoms with Crippen molar-refractivity contribution in [2.24, 2.45) is 0 Å². The molecule has 0 unspecified atom stereocenters. The Morgan fingerprint density at radius 1 is 0.762 bits per heavy atom. The zero-order chi connectivity index (χ0) is 13.8. The molecule has 0 N–H and O–H groups in total. The van der Waals surface area contributed by atoms with Crippen molar-refractivity contribution in [1.82, 2.24) is 9.97 Å². The van der Waals surface area contributed by atoms with Crippen molar-refractivity contribution in [1.29, 1.82) is 0 Å². The SMILES string of the molecule is c1ccc2c(c1)coc1cc3c(ccc4ncnc43)cc12. The molecule has 0 fully saturated rings.